The summed E-state index contributed by atoms with van der Waals surface area (Å²) in [7, 11) is 0. The van der Waals surface area contributed by atoms with E-state index in [-0.39, 0.29) is 5.56 Å². The Labute approximate surface area is 90.0 Å². The normalized spacial score (nSPS) is 10.3. The molecule has 0 fully saturated rings. The number of rotatable bonds is 2. The van der Waals surface area contributed by atoms with E-state index < -0.39 is 11.5 Å². The predicted molar refractivity (Wildman–Crippen MR) is 57.3 cm³/mol. The number of hydrogen-bond donors (Lipinski definition) is 3. The van der Waals surface area contributed by atoms with E-state index in [1.54, 1.807) is 24.3 Å². The number of benzene rings is 1. The third-order valence-electron chi connectivity index (χ3n) is 2.07. The van der Waals surface area contributed by atoms with Gasteiger partial charge in [0, 0.05) is 5.39 Å². The molecular weight excluding hydrogens is 210 g/mol. The number of amides is 1. The fraction of sp³-hybridized carbons (Fsp3) is 0. The van der Waals surface area contributed by atoms with Crippen molar-refractivity contribution < 1.29 is 9.21 Å². The summed E-state index contributed by atoms with van der Waals surface area (Å²) in [5.74, 6) is 4.28. The number of nitrogens with one attached hydrogen (secondary N) is 2. The molecule has 4 N–H and O–H groups in total. The van der Waals surface area contributed by atoms with Crippen LogP contribution in [0.15, 0.2) is 39.5 Å². The minimum Gasteiger partial charge on any atom is -0.422 e. The van der Waals surface area contributed by atoms with Gasteiger partial charge >= 0.3 is 5.63 Å². The zero-order valence-electron chi connectivity index (χ0n) is 8.19. The molecule has 0 aliphatic carbocycles. The van der Waals surface area contributed by atoms with Crippen LogP contribution < -0.4 is 22.4 Å². The standard InChI is InChI=1S/C10H9N3O3/c11-13-12-9(14)7-5-6-3-1-2-4-8(6)16-10(7)15/h1-5,13H,11H2,(H,12,14). The molecule has 0 saturated carbocycles. The van der Waals surface area contributed by atoms with Crippen LogP contribution in [-0.4, -0.2) is 5.91 Å². The van der Waals surface area contributed by atoms with Gasteiger partial charge in [0.05, 0.1) is 0 Å². The second-order valence-corrected chi connectivity index (χ2v) is 3.08. The minimum atomic E-state index is -0.702. The van der Waals surface area contributed by atoms with Gasteiger partial charge in [-0.3, -0.25) is 16.1 Å². The van der Waals surface area contributed by atoms with Crippen molar-refractivity contribution in [2.24, 2.45) is 5.84 Å². The van der Waals surface area contributed by atoms with Gasteiger partial charge in [0.25, 0.3) is 5.91 Å². The maximum atomic E-state index is 11.5. The van der Waals surface area contributed by atoms with Crippen LogP contribution in [0.4, 0.5) is 0 Å². The van der Waals surface area contributed by atoms with E-state index in [0.717, 1.165) is 0 Å². The minimum absolute atomic E-state index is 0.100. The Morgan fingerprint density at radius 3 is 2.81 bits per heavy atom. The Balaban J connectivity index is 2.58. The number of para-hydroxylation sites is 1. The number of hydrogen-bond acceptors (Lipinski definition) is 5. The van der Waals surface area contributed by atoms with Gasteiger partial charge in [-0.05, 0) is 12.1 Å². The summed E-state index contributed by atoms with van der Waals surface area (Å²) < 4.78 is 4.98. The summed E-state index contributed by atoms with van der Waals surface area (Å²) in [5, 5.41) is 0.671. The Bertz CT molecular complexity index is 591. The number of carbonyl (C=O) groups is 1. The largest absolute Gasteiger partial charge is 0.422 e. The third kappa shape index (κ3) is 1.79. The summed E-state index contributed by atoms with van der Waals surface area (Å²) in [4.78, 5) is 22.8. The molecule has 0 spiro atoms. The van der Waals surface area contributed by atoms with E-state index in [0.29, 0.717) is 11.0 Å². The molecule has 0 aliphatic rings. The summed E-state index contributed by atoms with van der Waals surface area (Å²) in [6.45, 7) is 0. The van der Waals surface area contributed by atoms with Crippen molar-refractivity contribution in [3.05, 3.63) is 46.3 Å². The van der Waals surface area contributed by atoms with Gasteiger partial charge in [0.15, 0.2) is 0 Å². The molecule has 0 atom stereocenters. The van der Waals surface area contributed by atoms with Crippen LogP contribution in [0.25, 0.3) is 11.0 Å². The molecule has 82 valence electrons. The first-order chi connectivity index (χ1) is 7.72. The van der Waals surface area contributed by atoms with Crippen molar-refractivity contribution in [1.82, 2.24) is 11.0 Å². The maximum Gasteiger partial charge on any atom is 0.349 e. The molecule has 16 heavy (non-hydrogen) atoms. The van der Waals surface area contributed by atoms with Crippen LogP contribution >= 0.6 is 0 Å². The van der Waals surface area contributed by atoms with Crippen LogP contribution in [-0.2, 0) is 0 Å². The van der Waals surface area contributed by atoms with Crippen LogP contribution in [0, 0.1) is 0 Å². The van der Waals surface area contributed by atoms with Crippen molar-refractivity contribution in [2.45, 2.75) is 0 Å². The lowest BCUT2D eigenvalue weighted by molar-refractivity contribution is 0.0930. The average Bonchev–Trinajstić information content (AvgIpc) is 2.28. The highest BCUT2D eigenvalue weighted by Crippen LogP contribution is 2.12. The number of fused-ring (bicyclic) bond motifs is 1. The highest BCUT2D eigenvalue weighted by Gasteiger charge is 2.12. The molecule has 1 amide bonds. The smallest absolute Gasteiger partial charge is 0.349 e. The van der Waals surface area contributed by atoms with Gasteiger partial charge in [-0.2, -0.15) is 5.53 Å². The lowest BCUT2D eigenvalue weighted by Crippen LogP contribution is -2.43. The molecule has 1 aromatic heterocycles. The topological polar surface area (TPSA) is 97.4 Å². The summed E-state index contributed by atoms with van der Waals surface area (Å²) in [6.07, 6.45) is 0. The molecule has 2 aromatic rings. The van der Waals surface area contributed by atoms with Crippen molar-refractivity contribution in [3.63, 3.8) is 0 Å². The Kier molecular flexibility index (Phi) is 2.67. The molecule has 6 nitrogen and oxygen atoms in total. The maximum absolute atomic E-state index is 11.5. The first kappa shape index (κ1) is 10.3. The Morgan fingerprint density at radius 2 is 2.06 bits per heavy atom. The van der Waals surface area contributed by atoms with E-state index in [1.165, 1.54) is 6.07 Å². The second kappa shape index (κ2) is 4.13. The third-order valence-corrected chi connectivity index (χ3v) is 2.07. The number of hydrazine groups is 2. The molecule has 0 unspecified atom stereocenters. The highest BCUT2D eigenvalue weighted by atomic mass is 16.4. The fourth-order valence-corrected chi connectivity index (χ4v) is 1.35. The van der Waals surface area contributed by atoms with Crippen molar-refractivity contribution in [2.75, 3.05) is 0 Å². The van der Waals surface area contributed by atoms with E-state index in [2.05, 4.69) is 5.43 Å². The molecule has 0 bridgehead atoms. The SMILES string of the molecule is NNNC(=O)c1cc2ccccc2oc1=O. The van der Waals surface area contributed by atoms with Gasteiger partial charge in [-0.15, -0.1) is 0 Å². The quantitative estimate of drug-likeness (QED) is 0.372. The number of nitrogens with two attached hydrogens (primary N) is 1. The first-order valence-corrected chi connectivity index (χ1v) is 4.51. The first-order valence-electron chi connectivity index (χ1n) is 4.51. The van der Waals surface area contributed by atoms with Crippen molar-refractivity contribution in [3.8, 4) is 0 Å². The van der Waals surface area contributed by atoms with E-state index in [9.17, 15) is 9.59 Å². The highest BCUT2D eigenvalue weighted by molar-refractivity contribution is 5.96. The Morgan fingerprint density at radius 1 is 1.31 bits per heavy atom. The van der Waals surface area contributed by atoms with Gasteiger partial charge in [0.2, 0.25) is 0 Å². The lowest BCUT2D eigenvalue weighted by atomic mass is 10.2. The molecule has 0 radical (unpaired) electrons. The molecule has 0 saturated heterocycles. The fourth-order valence-electron chi connectivity index (χ4n) is 1.35. The van der Waals surface area contributed by atoms with Gasteiger partial charge in [0.1, 0.15) is 11.1 Å². The Hall–Kier alpha value is -2.18. The molecule has 0 aliphatic heterocycles. The molecule has 2 rings (SSSR count). The summed E-state index contributed by atoms with van der Waals surface area (Å²) in [5.41, 5.74) is 3.69. The van der Waals surface area contributed by atoms with Crippen molar-refractivity contribution in [1.29, 1.82) is 0 Å². The monoisotopic (exact) mass is 219 g/mol. The molecule has 1 aromatic carbocycles. The van der Waals surface area contributed by atoms with Gasteiger partial charge < -0.3 is 4.42 Å². The summed E-state index contributed by atoms with van der Waals surface area (Å²) >= 11 is 0. The van der Waals surface area contributed by atoms with Crippen LogP contribution in [0.5, 0.6) is 0 Å². The molecule has 1 heterocycles. The zero-order chi connectivity index (χ0) is 11.5. The lowest BCUT2D eigenvalue weighted by Gasteiger charge is -2.02. The van der Waals surface area contributed by atoms with Crippen molar-refractivity contribution >= 4 is 16.9 Å². The van der Waals surface area contributed by atoms with Crippen LogP contribution in [0.1, 0.15) is 10.4 Å². The van der Waals surface area contributed by atoms with Gasteiger partial charge in [-0.25, -0.2) is 4.79 Å². The van der Waals surface area contributed by atoms with Gasteiger partial charge in [-0.1, -0.05) is 18.2 Å². The average molecular weight is 219 g/mol. The second-order valence-electron chi connectivity index (χ2n) is 3.08. The zero-order valence-corrected chi connectivity index (χ0v) is 8.19. The van der Waals surface area contributed by atoms with Crippen LogP contribution in [0.2, 0.25) is 0 Å². The molecular formula is C10H9N3O3. The van der Waals surface area contributed by atoms with E-state index in [4.69, 9.17) is 10.3 Å². The van der Waals surface area contributed by atoms with Crippen LogP contribution in [0.3, 0.4) is 0 Å². The summed E-state index contributed by atoms with van der Waals surface area (Å²) in [6, 6.07) is 8.37. The van der Waals surface area contributed by atoms with E-state index >= 15 is 0 Å². The molecule has 6 heteroatoms. The predicted octanol–water partition coefficient (Wildman–Crippen LogP) is -0.0989. The number of carbonyl (C=O) groups excluding carboxylic acids is 1. The van der Waals surface area contributed by atoms with E-state index in [1.807, 2.05) is 5.53 Å².